The molecule has 0 amide bonds. The Kier molecular flexibility index (Phi) is 21.3. The molecule has 33 heavy (non-hydrogen) atoms. The lowest BCUT2D eigenvalue weighted by Gasteiger charge is -2.18. The monoisotopic (exact) mass is 473 g/mol. The van der Waals surface area contributed by atoms with Gasteiger partial charge in [0, 0.05) is 34.6 Å². The SMILES string of the molecule is [N-]=[N+]=NCC(O)COCCCC(CCCOCC(O)CN=[N+]=[N-])CCOCC(O)CN=[N+]=[N-]. The van der Waals surface area contributed by atoms with Crippen LogP contribution in [0.25, 0.3) is 31.3 Å². The molecule has 3 N–H and O–H groups in total. The van der Waals surface area contributed by atoms with Crippen molar-refractivity contribution in [2.75, 3.05) is 59.3 Å². The van der Waals surface area contributed by atoms with Crippen molar-refractivity contribution >= 4 is 0 Å². The van der Waals surface area contributed by atoms with Gasteiger partial charge in [-0.15, -0.1) is 0 Å². The smallest absolute Gasteiger partial charge is 0.0829 e. The predicted molar refractivity (Wildman–Crippen MR) is 119 cm³/mol. The molecule has 0 aromatic carbocycles. The second-order valence-electron chi connectivity index (χ2n) is 7.37. The van der Waals surface area contributed by atoms with E-state index in [0.29, 0.717) is 25.7 Å². The average molecular weight is 474 g/mol. The van der Waals surface area contributed by atoms with E-state index >= 15 is 0 Å². The van der Waals surface area contributed by atoms with Crippen LogP contribution < -0.4 is 0 Å². The van der Waals surface area contributed by atoms with Crippen molar-refractivity contribution < 1.29 is 29.5 Å². The Labute approximate surface area is 192 Å². The Bertz CT molecular complexity index is 589. The number of nitrogens with zero attached hydrogens (tertiary/aromatic N) is 9. The zero-order valence-electron chi connectivity index (χ0n) is 18.8. The van der Waals surface area contributed by atoms with Gasteiger partial charge < -0.3 is 29.5 Å². The van der Waals surface area contributed by atoms with Crippen LogP contribution in [0.1, 0.15) is 32.1 Å². The Morgan fingerprint density at radius 2 is 0.939 bits per heavy atom. The highest BCUT2D eigenvalue weighted by atomic mass is 16.5. The number of ether oxygens (including phenoxy) is 3. The molecule has 0 heterocycles. The largest absolute Gasteiger partial charge is 0.391 e. The van der Waals surface area contributed by atoms with Crippen molar-refractivity contribution in [3.63, 3.8) is 0 Å². The molecule has 0 aliphatic rings. The van der Waals surface area contributed by atoms with Crippen LogP contribution in [-0.4, -0.2) is 92.9 Å². The van der Waals surface area contributed by atoms with Gasteiger partial charge in [-0.1, -0.05) is 15.3 Å². The van der Waals surface area contributed by atoms with Gasteiger partial charge in [0.05, 0.1) is 57.8 Å². The quantitative estimate of drug-likeness (QED) is 0.0871. The van der Waals surface area contributed by atoms with E-state index in [1.165, 1.54) is 0 Å². The van der Waals surface area contributed by atoms with Crippen molar-refractivity contribution in [3.05, 3.63) is 31.3 Å². The fraction of sp³-hybridized carbons (Fsp3) is 1.00. The summed E-state index contributed by atoms with van der Waals surface area (Å²) in [4.78, 5) is 7.77. The number of hydrogen-bond donors (Lipinski definition) is 3. The summed E-state index contributed by atoms with van der Waals surface area (Å²) in [7, 11) is 0. The van der Waals surface area contributed by atoms with E-state index in [4.69, 9.17) is 30.8 Å². The van der Waals surface area contributed by atoms with Crippen LogP contribution in [0.2, 0.25) is 0 Å². The summed E-state index contributed by atoms with van der Waals surface area (Å²) in [6.45, 7) is 1.55. The van der Waals surface area contributed by atoms with E-state index in [1.807, 2.05) is 0 Å². The van der Waals surface area contributed by atoms with Gasteiger partial charge in [-0.3, -0.25) is 0 Å². The molecule has 0 aromatic heterocycles. The first-order valence-corrected chi connectivity index (χ1v) is 10.8. The second-order valence-corrected chi connectivity index (χ2v) is 7.37. The molecule has 15 nitrogen and oxygen atoms in total. The molecule has 3 unspecified atom stereocenters. The molecule has 0 aliphatic heterocycles. The number of aliphatic hydroxyl groups is 3. The van der Waals surface area contributed by atoms with Crippen LogP contribution in [0.3, 0.4) is 0 Å². The summed E-state index contributed by atoms with van der Waals surface area (Å²) < 4.78 is 16.3. The van der Waals surface area contributed by atoms with E-state index < -0.39 is 18.3 Å². The third kappa shape index (κ3) is 21.3. The predicted octanol–water partition coefficient (Wildman–Crippen LogP) is 2.62. The molecule has 0 fully saturated rings. The van der Waals surface area contributed by atoms with Gasteiger partial charge in [0.25, 0.3) is 0 Å². The first-order valence-electron chi connectivity index (χ1n) is 10.8. The lowest BCUT2D eigenvalue weighted by Crippen LogP contribution is -2.20. The van der Waals surface area contributed by atoms with E-state index in [-0.39, 0.29) is 39.5 Å². The van der Waals surface area contributed by atoms with E-state index in [2.05, 4.69) is 30.1 Å². The summed E-state index contributed by atoms with van der Waals surface area (Å²) in [6, 6.07) is 0. The standard InChI is InChI=1S/C18H35N9O6/c19-25-22-9-16(28)12-31-6-1-3-15(5-8-33-14-18(30)11-24-27-21)4-2-7-32-13-17(29)10-23-26-20/h15-18,28-30H,1-14H2. The van der Waals surface area contributed by atoms with Crippen LogP contribution in [0, 0.1) is 5.92 Å². The van der Waals surface area contributed by atoms with Gasteiger partial charge in [0.2, 0.25) is 0 Å². The molecule has 0 aliphatic carbocycles. The molecule has 0 spiro atoms. The number of aliphatic hydroxyl groups excluding tert-OH is 3. The molecule has 0 saturated carbocycles. The highest BCUT2D eigenvalue weighted by Gasteiger charge is 2.11. The van der Waals surface area contributed by atoms with E-state index in [0.717, 1.165) is 32.1 Å². The van der Waals surface area contributed by atoms with Crippen molar-refractivity contribution in [1.29, 1.82) is 0 Å². The maximum absolute atomic E-state index is 9.63. The van der Waals surface area contributed by atoms with Gasteiger partial charge in [-0.25, -0.2) is 0 Å². The summed E-state index contributed by atoms with van der Waals surface area (Å²) in [5.41, 5.74) is 24.7. The van der Waals surface area contributed by atoms with Gasteiger partial charge in [-0.05, 0) is 54.6 Å². The molecule has 0 radical (unpaired) electrons. The van der Waals surface area contributed by atoms with Gasteiger partial charge >= 0.3 is 0 Å². The van der Waals surface area contributed by atoms with Crippen molar-refractivity contribution in [2.45, 2.75) is 50.4 Å². The Morgan fingerprint density at radius 1 is 0.576 bits per heavy atom. The van der Waals surface area contributed by atoms with Gasteiger partial charge in [0.15, 0.2) is 0 Å². The number of hydrogen-bond acceptors (Lipinski definition) is 9. The highest BCUT2D eigenvalue weighted by molar-refractivity contribution is 4.64. The molecule has 0 bridgehead atoms. The fourth-order valence-corrected chi connectivity index (χ4v) is 2.84. The third-order valence-corrected chi connectivity index (χ3v) is 4.47. The Morgan fingerprint density at radius 3 is 1.30 bits per heavy atom. The Balaban J connectivity index is 4.21. The summed E-state index contributed by atoms with van der Waals surface area (Å²) in [6.07, 6.45) is 1.52. The van der Waals surface area contributed by atoms with Gasteiger partial charge in [0.1, 0.15) is 0 Å². The fourth-order valence-electron chi connectivity index (χ4n) is 2.84. The zero-order valence-corrected chi connectivity index (χ0v) is 18.8. The molecule has 188 valence electrons. The molecule has 0 aromatic rings. The first kappa shape index (κ1) is 30.7. The number of azide groups is 3. The molecule has 3 atom stereocenters. The summed E-state index contributed by atoms with van der Waals surface area (Å²) in [5.74, 6) is 0.313. The molecular weight excluding hydrogens is 438 g/mol. The van der Waals surface area contributed by atoms with E-state index in [9.17, 15) is 15.3 Å². The summed E-state index contributed by atoms with van der Waals surface area (Å²) >= 11 is 0. The lowest BCUT2D eigenvalue weighted by molar-refractivity contribution is 0.0265. The summed E-state index contributed by atoms with van der Waals surface area (Å²) in [5, 5.41) is 38.7. The minimum absolute atomic E-state index is 0.0282. The minimum Gasteiger partial charge on any atom is -0.391 e. The normalized spacial score (nSPS) is 14.3. The maximum atomic E-state index is 9.63. The molecule has 0 saturated heterocycles. The number of rotatable bonds is 23. The molecule has 0 rings (SSSR count). The van der Waals surface area contributed by atoms with Crippen LogP contribution in [-0.2, 0) is 14.2 Å². The van der Waals surface area contributed by atoms with Crippen LogP contribution in [0.4, 0.5) is 0 Å². The molecular formula is C18H35N9O6. The maximum Gasteiger partial charge on any atom is 0.0829 e. The minimum atomic E-state index is -0.838. The first-order chi connectivity index (χ1) is 16.0. The third-order valence-electron chi connectivity index (χ3n) is 4.47. The van der Waals surface area contributed by atoms with E-state index in [1.54, 1.807) is 0 Å². The van der Waals surface area contributed by atoms with Crippen LogP contribution >= 0.6 is 0 Å². The van der Waals surface area contributed by atoms with Crippen molar-refractivity contribution in [3.8, 4) is 0 Å². The van der Waals surface area contributed by atoms with Gasteiger partial charge in [-0.2, -0.15) is 0 Å². The lowest BCUT2D eigenvalue weighted by atomic mass is 9.95. The van der Waals surface area contributed by atoms with Crippen molar-refractivity contribution in [2.24, 2.45) is 21.3 Å². The average Bonchev–Trinajstić information content (AvgIpc) is 2.81. The molecule has 15 heteroatoms. The topological polar surface area (TPSA) is 235 Å². The second kappa shape index (κ2) is 22.9. The van der Waals surface area contributed by atoms with Crippen LogP contribution in [0.5, 0.6) is 0 Å². The van der Waals surface area contributed by atoms with Crippen molar-refractivity contribution in [1.82, 2.24) is 0 Å². The van der Waals surface area contributed by atoms with Crippen LogP contribution in [0.15, 0.2) is 15.3 Å². The zero-order chi connectivity index (χ0) is 24.6. The Hall–Kier alpha value is -2.31. The highest BCUT2D eigenvalue weighted by Crippen LogP contribution is 2.18.